The van der Waals surface area contributed by atoms with E-state index in [1.807, 2.05) is 19.1 Å². The first-order valence-corrected chi connectivity index (χ1v) is 3.92. The van der Waals surface area contributed by atoms with Crippen molar-refractivity contribution in [2.45, 2.75) is 13.5 Å². The highest BCUT2D eigenvalue weighted by Gasteiger charge is 1.87. The van der Waals surface area contributed by atoms with Crippen LogP contribution in [-0.4, -0.2) is 11.5 Å². The number of hydrogen-bond donors (Lipinski definition) is 1. The van der Waals surface area contributed by atoms with Gasteiger partial charge in [0.05, 0.1) is 6.54 Å². The second-order valence-corrected chi connectivity index (χ2v) is 2.39. The molecule has 0 aromatic carbocycles. The third-order valence-corrected chi connectivity index (χ3v) is 1.47. The lowest BCUT2D eigenvalue weighted by atomic mass is 10.3. The van der Waals surface area contributed by atoms with Gasteiger partial charge in [0, 0.05) is 18.9 Å². The molecule has 0 amide bonds. The SMILES string of the molecule is CC#CCNCc1ccncc1. The first-order valence-electron chi connectivity index (χ1n) is 3.92. The fraction of sp³-hybridized carbons (Fsp3) is 0.300. The van der Waals surface area contributed by atoms with E-state index >= 15 is 0 Å². The minimum absolute atomic E-state index is 0.749. The van der Waals surface area contributed by atoms with Crippen molar-refractivity contribution in [3.8, 4) is 11.8 Å². The maximum Gasteiger partial charge on any atom is 0.0578 e. The van der Waals surface area contributed by atoms with E-state index in [4.69, 9.17) is 0 Å². The van der Waals surface area contributed by atoms with Crippen molar-refractivity contribution in [1.82, 2.24) is 10.3 Å². The molecule has 0 saturated heterocycles. The van der Waals surface area contributed by atoms with Crippen molar-refractivity contribution in [1.29, 1.82) is 0 Å². The van der Waals surface area contributed by atoms with Crippen LogP contribution in [0.3, 0.4) is 0 Å². The number of rotatable bonds is 3. The average Bonchev–Trinajstić information content (AvgIpc) is 2.14. The Morgan fingerprint density at radius 1 is 1.42 bits per heavy atom. The summed E-state index contributed by atoms with van der Waals surface area (Å²) in [7, 11) is 0. The molecular weight excluding hydrogens is 148 g/mol. The lowest BCUT2D eigenvalue weighted by molar-refractivity contribution is 0.768. The van der Waals surface area contributed by atoms with Crippen LogP contribution >= 0.6 is 0 Å². The van der Waals surface area contributed by atoms with Crippen molar-refractivity contribution in [3.63, 3.8) is 0 Å². The minimum Gasteiger partial charge on any atom is -0.302 e. The van der Waals surface area contributed by atoms with Gasteiger partial charge >= 0.3 is 0 Å². The smallest absolute Gasteiger partial charge is 0.0578 e. The van der Waals surface area contributed by atoms with Crippen molar-refractivity contribution >= 4 is 0 Å². The monoisotopic (exact) mass is 160 g/mol. The number of pyridine rings is 1. The summed E-state index contributed by atoms with van der Waals surface area (Å²) < 4.78 is 0. The third-order valence-electron chi connectivity index (χ3n) is 1.47. The number of hydrogen-bond acceptors (Lipinski definition) is 2. The highest BCUT2D eigenvalue weighted by atomic mass is 14.8. The molecule has 0 atom stereocenters. The summed E-state index contributed by atoms with van der Waals surface area (Å²) in [5, 5.41) is 3.20. The molecule has 0 unspecified atom stereocenters. The minimum atomic E-state index is 0.749. The molecule has 0 spiro atoms. The molecule has 12 heavy (non-hydrogen) atoms. The first-order chi connectivity index (χ1) is 5.93. The zero-order valence-corrected chi connectivity index (χ0v) is 7.17. The molecule has 0 aliphatic rings. The van der Waals surface area contributed by atoms with E-state index in [9.17, 15) is 0 Å². The number of nitrogens with one attached hydrogen (secondary N) is 1. The molecule has 1 N–H and O–H groups in total. The van der Waals surface area contributed by atoms with Gasteiger partial charge in [-0.1, -0.05) is 5.92 Å². The molecule has 2 nitrogen and oxygen atoms in total. The summed E-state index contributed by atoms with van der Waals surface area (Å²) in [6.07, 6.45) is 3.59. The Hall–Kier alpha value is -1.33. The fourth-order valence-electron chi connectivity index (χ4n) is 0.858. The van der Waals surface area contributed by atoms with E-state index < -0.39 is 0 Å². The largest absolute Gasteiger partial charge is 0.302 e. The summed E-state index contributed by atoms with van der Waals surface area (Å²) in [5.74, 6) is 5.77. The van der Waals surface area contributed by atoms with E-state index in [-0.39, 0.29) is 0 Å². The van der Waals surface area contributed by atoms with Gasteiger partial charge in [-0.25, -0.2) is 0 Å². The highest BCUT2D eigenvalue weighted by Crippen LogP contribution is 1.93. The van der Waals surface area contributed by atoms with Crippen LogP contribution in [-0.2, 0) is 6.54 Å². The predicted octanol–water partition coefficient (Wildman–Crippen LogP) is 1.19. The third kappa shape index (κ3) is 3.18. The van der Waals surface area contributed by atoms with E-state index in [0.717, 1.165) is 13.1 Å². The average molecular weight is 160 g/mol. The Morgan fingerprint density at radius 2 is 2.17 bits per heavy atom. The van der Waals surface area contributed by atoms with Gasteiger partial charge in [0.15, 0.2) is 0 Å². The summed E-state index contributed by atoms with van der Waals surface area (Å²) in [6, 6.07) is 3.98. The summed E-state index contributed by atoms with van der Waals surface area (Å²) in [4.78, 5) is 3.93. The van der Waals surface area contributed by atoms with Crippen LogP contribution in [0, 0.1) is 11.8 Å². The van der Waals surface area contributed by atoms with Crippen molar-refractivity contribution in [2.75, 3.05) is 6.54 Å². The Balaban J connectivity index is 2.27. The zero-order valence-electron chi connectivity index (χ0n) is 7.17. The van der Waals surface area contributed by atoms with Crippen LogP contribution in [0.1, 0.15) is 12.5 Å². The zero-order chi connectivity index (χ0) is 8.65. The van der Waals surface area contributed by atoms with Gasteiger partial charge in [-0.2, -0.15) is 0 Å². The quantitative estimate of drug-likeness (QED) is 0.530. The molecule has 0 aliphatic carbocycles. The van der Waals surface area contributed by atoms with Crippen LogP contribution in [0.25, 0.3) is 0 Å². The van der Waals surface area contributed by atoms with Crippen LogP contribution < -0.4 is 5.32 Å². The second-order valence-electron chi connectivity index (χ2n) is 2.39. The maximum atomic E-state index is 3.93. The molecule has 1 aromatic rings. The predicted molar refractivity (Wildman–Crippen MR) is 49.4 cm³/mol. The number of aromatic nitrogens is 1. The molecule has 0 bridgehead atoms. The van der Waals surface area contributed by atoms with Crippen molar-refractivity contribution < 1.29 is 0 Å². The van der Waals surface area contributed by atoms with Crippen LogP contribution in [0.5, 0.6) is 0 Å². The van der Waals surface area contributed by atoms with Crippen LogP contribution in [0.15, 0.2) is 24.5 Å². The molecule has 62 valence electrons. The lowest BCUT2D eigenvalue weighted by Crippen LogP contribution is -2.12. The second kappa shape index (κ2) is 5.34. The van der Waals surface area contributed by atoms with Gasteiger partial charge in [0.2, 0.25) is 0 Å². The van der Waals surface area contributed by atoms with E-state index in [1.165, 1.54) is 5.56 Å². The van der Waals surface area contributed by atoms with Gasteiger partial charge in [0.1, 0.15) is 0 Å². The van der Waals surface area contributed by atoms with Gasteiger partial charge in [0.25, 0.3) is 0 Å². The Labute approximate surface area is 73.0 Å². The summed E-state index contributed by atoms with van der Waals surface area (Å²) in [5.41, 5.74) is 1.24. The van der Waals surface area contributed by atoms with Gasteiger partial charge in [-0.05, 0) is 24.6 Å². The van der Waals surface area contributed by atoms with E-state index in [1.54, 1.807) is 12.4 Å². The number of nitrogens with zero attached hydrogens (tertiary/aromatic N) is 1. The molecule has 1 rings (SSSR count). The lowest BCUT2D eigenvalue weighted by Gasteiger charge is -1.98. The van der Waals surface area contributed by atoms with E-state index in [0.29, 0.717) is 0 Å². The van der Waals surface area contributed by atoms with Gasteiger partial charge in [-0.3, -0.25) is 4.98 Å². The van der Waals surface area contributed by atoms with Crippen LogP contribution in [0.2, 0.25) is 0 Å². The topological polar surface area (TPSA) is 24.9 Å². The molecular formula is C10H12N2. The van der Waals surface area contributed by atoms with Crippen molar-refractivity contribution in [3.05, 3.63) is 30.1 Å². The van der Waals surface area contributed by atoms with Crippen molar-refractivity contribution in [2.24, 2.45) is 0 Å². The Morgan fingerprint density at radius 3 is 2.83 bits per heavy atom. The normalized spacial score (nSPS) is 8.75. The molecule has 0 saturated carbocycles. The molecule has 0 radical (unpaired) electrons. The summed E-state index contributed by atoms with van der Waals surface area (Å²) >= 11 is 0. The molecule has 0 fully saturated rings. The molecule has 1 aromatic heterocycles. The maximum absolute atomic E-state index is 3.93. The molecule has 1 heterocycles. The highest BCUT2D eigenvalue weighted by molar-refractivity contribution is 5.09. The first kappa shape index (κ1) is 8.76. The Kier molecular flexibility index (Phi) is 3.90. The fourth-order valence-corrected chi connectivity index (χ4v) is 0.858. The van der Waals surface area contributed by atoms with Crippen LogP contribution in [0.4, 0.5) is 0 Å². The van der Waals surface area contributed by atoms with E-state index in [2.05, 4.69) is 22.1 Å². The molecule has 0 aliphatic heterocycles. The van der Waals surface area contributed by atoms with Gasteiger partial charge < -0.3 is 5.32 Å². The standard InChI is InChI=1S/C10H12N2/c1-2-3-6-12-9-10-4-7-11-8-5-10/h4-5,7-8,12H,6,9H2,1H3. The molecule has 2 heteroatoms. The van der Waals surface area contributed by atoms with Gasteiger partial charge in [-0.15, -0.1) is 5.92 Å². The summed E-state index contributed by atoms with van der Waals surface area (Å²) in [6.45, 7) is 3.45. The Bertz CT molecular complexity index is 269.